The SMILES string of the molecule is CCOCCN(c1cccc2cc(-c3ncc(CN4CCC(c5ncccn5)C4)s3)[nH]c12)S(=O)(=O)c1cccs1.O=C(O)C(F)(F)F. The van der Waals surface area contributed by atoms with E-state index in [0.717, 1.165) is 53.5 Å². The summed E-state index contributed by atoms with van der Waals surface area (Å²) in [5.74, 6) is -1.48. The van der Waals surface area contributed by atoms with Gasteiger partial charge >= 0.3 is 12.1 Å². The van der Waals surface area contributed by atoms with Crippen molar-refractivity contribution in [2.45, 2.75) is 36.2 Å². The number of hydrogen-bond acceptors (Lipinski definition) is 10. The number of aliphatic carboxylic acids is 1. The van der Waals surface area contributed by atoms with Crippen LogP contribution in [0.5, 0.6) is 0 Å². The molecule has 1 aromatic carbocycles. The van der Waals surface area contributed by atoms with E-state index in [1.54, 1.807) is 28.8 Å². The number of ether oxygens (including phenoxy) is 1. The standard InChI is InChI=1S/C28H30N6O3S3.C2HF3O2/c1-2-37-14-13-34(40(35,36)25-8-4-15-38-25)24-7-3-6-20-16-23(32-26(20)24)28-31-17-22(39-28)19-33-12-9-21(18-33)27-29-10-5-11-30-27;3-2(4,5)1(6)7/h3-8,10-11,15-17,21,32H,2,9,12-14,18-19H2,1H3;(H,6,7). The van der Waals surface area contributed by atoms with Crippen molar-refractivity contribution in [3.63, 3.8) is 0 Å². The Morgan fingerprint density at radius 3 is 2.62 bits per heavy atom. The Balaban J connectivity index is 0.000000559. The van der Waals surface area contributed by atoms with Gasteiger partial charge < -0.3 is 14.8 Å². The summed E-state index contributed by atoms with van der Waals surface area (Å²) in [6.07, 6.45) is 1.52. The Bertz CT molecular complexity index is 1880. The van der Waals surface area contributed by atoms with Gasteiger partial charge in [-0.15, -0.1) is 22.7 Å². The largest absolute Gasteiger partial charge is 0.490 e. The molecule has 0 aliphatic carbocycles. The fourth-order valence-corrected chi connectivity index (χ4v) is 8.57. The smallest absolute Gasteiger partial charge is 0.475 e. The lowest BCUT2D eigenvalue weighted by atomic mass is 10.1. The molecule has 4 aromatic heterocycles. The average molecular weight is 709 g/mol. The number of para-hydroxylation sites is 1. The first-order chi connectivity index (χ1) is 22.5. The number of anilines is 1. The van der Waals surface area contributed by atoms with Gasteiger partial charge in [0.05, 0.1) is 30.0 Å². The minimum absolute atomic E-state index is 0.216. The first-order valence-electron chi connectivity index (χ1n) is 14.5. The second-order valence-corrected chi connectivity index (χ2v) is 14.5. The zero-order valence-electron chi connectivity index (χ0n) is 25.1. The van der Waals surface area contributed by atoms with Crippen LogP contribution in [-0.4, -0.2) is 83.4 Å². The van der Waals surface area contributed by atoms with Gasteiger partial charge in [0.25, 0.3) is 10.0 Å². The minimum atomic E-state index is -5.08. The Kier molecular flexibility index (Phi) is 10.9. The maximum Gasteiger partial charge on any atom is 0.490 e. The number of thiophene rings is 1. The van der Waals surface area contributed by atoms with Crippen LogP contribution >= 0.6 is 22.7 Å². The summed E-state index contributed by atoms with van der Waals surface area (Å²) in [6, 6.07) is 13.0. The molecule has 1 aliphatic heterocycles. The Labute approximate surface area is 276 Å². The molecule has 0 bridgehead atoms. The van der Waals surface area contributed by atoms with E-state index >= 15 is 0 Å². The van der Waals surface area contributed by atoms with Crippen LogP contribution in [0.2, 0.25) is 0 Å². The van der Waals surface area contributed by atoms with Crippen LogP contribution in [0.4, 0.5) is 18.9 Å². The first kappa shape index (κ1) is 34.4. The van der Waals surface area contributed by atoms with Crippen LogP contribution in [-0.2, 0) is 26.1 Å². The summed E-state index contributed by atoms with van der Waals surface area (Å²) in [5.41, 5.74) is 2.23. The van der Waals surface area contributed by atoms with Gasteiger partial charge in [0.15, 0.2) is 0 Å². The summed E-state index contributed by atoms with van der Waals surface area (Å²) >= 11 is 2.87. The highest BCUT2D eigenvalue weighted by Crippen LogP contribution is 2.36. The van der Waals surface area contributed by atoms with Crippen LogP contribution in [0.1, 0.15) is 30.0 Å². The molecular weight excluding hydrogens is 678 g/mol. The van der Waals surface area contributed by atoms with Crippen molar-refractivity contribution in [3.8, 4) is 10.7 Å². The molecule has 250 valence electrons. The number of aromatic amines is 1. The van der Waals surface area contributed by atoms with E-state index in [9.17, 15) is 21.6 Å². The predicted octanol–water partition coefficient (Wildman–Crippen LogP) is 6.00. The number of sulfonamides is 1. The summed E-state index contributed by atoms with van der Waals surface area (Å²) in [6.45, 7) is 5.71. The highest BCUT2D eigenvalue weighted by molar-refractivity contribution is 7.94. The number of hydrogen-bond donors (Lipinski definition) is 2. The van der Waals surface area contributed by atoms with Gasteiger partial charge in [-0.2, -0.15) is 13.2 Å². The van der Waals surface area contributed by atoms with Crippen molar-refractivity contribution in [2.24, 2.45) is 0 Å². The van der Waals surface area contributed by atoms with Gasteiger partial charge in [-0.05, 0) is 49.5 Å². The Morgan fingerprint density at radius 1 is 1.17 bits per heavy atom. The number of thiazole rings is 1. The van der Waals surface area contributed by atoms with Crippen molar-refractivity contribution in [3.05, 3.63) is 77.1 Å². The van der Waals surface area contributed by atoms with E-state index in [2.05, 4.69) is 19.9 Å². The molecule has 1 fully saturated rings. The maximum atomic E-state index is 13.6. The Morgan fingerprint density at radius 2 is 1.94 bits per heavy atom. The minimum Gasteiger partial charge on any atom is -0.475 e. The number of aromatic nitrogens is 4. The number of rotatable bonds is 11. The fourth-order valence-electron chi connectivity index (χ4n) is 5.08. The second kappa shape index (κ2) is 14.9. The number of carbonyl (C=O) groups is 1. The van der Waals surface area contributed by atoms with Crippen molar-refractivity contribution in [1.82, 2.24) is 24.8 Å². The van der Waals surface area contributed by atoms with Crippen molar-refractivity contribution >= 4 is 55.3 Å². The summed E-state index contributed by atoms with van der Waals surface area (Å²) < 4.78 is 66.3. The molecule has 0 saturated carbocycles. The van der Waals surface area contributed by atoms with Gasteiger partial charge in [0.1, 0.15) is 15.0 Å². The lowest BCUT2D eigenvalue weighted by Gasteiger charge is -2.24. The van der Waals surface area contributed by atoms with Crippen molar-refractivity contribution < 1.29 is 36.2 Å². The van der Waals surface area contributed by atoms with Gasteiger partial charge in [-0.3, -0.25) is 9.21 Å². The van der Waals surface area contributed by atoms with Gasteiger partial charge in [-0.25, -0.2) is 28.2 Å². The summed E-state index contributed by atoms with van der Waals surface area (Å²) in [7, 11) is -3.75. The third-order valence-corrected chi connectivity index (χ3v) is 11.4. The summed E-state index contributed by atoms with van der Waals surface area (Å²) in [5, 5.41) is 10.7. The number of benzene rings is 1. The molecule has 6 rings (SSSR count). The molecule has 0 amide bonds. The number of nitrogens with zero attached hydrogens (tertiary/aromatic N) is 5. The van der Waals surface area contributed by atoms with E-state index < -0.39 is 22.2 Å². The van der Waals surface area contributed by atoms with E-state index in [1.807, 2.05) is 55.8 Å². The van der Waals surface area contributed by atoms with E-state index in [4.69, 9.17) is 19.6 Å². The number of fused-ring (bicyclic) bond motifs is 1. The molecular formula is C30H31F3N6O5S3. The number of likely N-dealkylation sites (tertiary alicyclic amines) is 1. The van der Waals surface area contributed by atoms with Crippen LogP contribution in [0.3, 0.4) is 0 Å². The third kappa shape index (κ3) is 8.34. The predicted molar refractivity (Wildman–Crippen MR) is 173 cm³/mol. The van der Waals surface area contributed by atoms with Crippen molar-refractivity contribution in [2.75, 3.05) is 37.2 Å². The highest BCUT2D eigenvalue weighted by Gasteiger charge is 2.38. The zero-order valence-corrected chi connectivity index (χ0v) is 27.5. The molecule has 5 heterocycles. The number of halogens is 3. The van der Waals surface area contributed by atoms with Crippen LogP contribution in [0.25, 0.3) is 21.6 Å². The third-order valence-electron chi connectivity index (χ3n) is 7.21. The lowest BCUT2D eigenvalue weighted by molar-refractivity contribution is -0.192. The van der Waals surface area contributed by atoms with E-state index in [-0.39, 0.29) is 6.54 Å². The average Bonchev–Trinajstić information content (AvgIpc) is 3.87. The topological polar surface area (TPSA) is 142 Å². The maximum absolute atomic E-state index is 13.6. The number of carboxylic acid groups (broad SMARTS) is 1. The van der Waals surface area contributed by atoms with E-state index in [0.29, 0.717) is 29.0 Å². The number of H-pyrrole nitrogens is 1. The van der Waals surface area contributed by atoms with Crippen molar-refractivity contribution in [1.29, 1.82) is 0 Å². The molecule has 17 heteroatoms. The molecule has 1 atom stereocenters. The lowest BCUT2D eigenvalue weighted by Crippen LogP contribution is -2.34. The first-order valence-corrected chi connectivity index (χ1v) is 17.6. The molecule has 0 radical (unpaired) electrons. The van der Waals surface area contributed by atoms with Gasteiger partial charge in [0.2, 0.25) is 0 Å². The zero-order chi connectivity index (χ0) is 33.6. The quantitative estimate of drug-likeness (QED) is 0.158. The second-order valence-electron chi connectivity index (χ2n) is 10.4. The summed E-state index contributed by atoms with van der Waals surface area (Å²) in [4.78, 5) is 29.6. The number of carboxylic acids is 1. The molecule has 1 aliphatic rings. The Hall–Kier alpha value is -3.90. The molecule has 1 unspecified atom stereocenters. The molecule has 2 N–H and O–H groups in total. The van der Waals surface area contributed by atoms with Crippen LogP contribution < -0.4 is 4.31 Å². The van der Waals surface area contributed by atoms with Gasteiger partial charge in [0, 0.05) is 54.5 Å². The molecule has 5 aromatic rings. The van der Waals surface area contributed by atoms with E-state index in [1.165, 1.54) is 20.5 Å². The molecule has 11 nitrogen and oxygen atoms in total. The van der Waals surface area contributed by atoms with Crippen LogP contribution in [0, 0.1) is 0 Å². The van der Waals surface area contributed by atoms with Crippen LogP contribution in [0.15, 0.2) is 70.6 Å². The molecule has 1 saturated heterocycles. The highest BCUT2D eigenvalue weighted by atomic mass is 32.2. The molecule has 0 spiro atoms. The number of alkyl halides is 3. The normalized spacial score (nSPS) is 15.4. The molecule has 47 heavy (non-hydrogen) atoms. The van der Waals surface area contributed by atoms with Gasteiger partial charge in [-0.1, -0.05) is 18.2 Å². The number of nitrogens with one attached hydrogen (secondary N) is 1. The monoisotopic (exact) mass is 708 g/mol. The fraction of sp³-hybridized carbons (Fsp3) is 0.333.